The maximum absolute atomic E-state index is 10.9. The topological polar surface area (TPSA) is 127 Å². The number of aryl methyl sites for hydroxylation is 1. The molecule has 0 radical (unpaired) electrons. The van der Waals surface area contributed by atoms with E-state index in [1.807, 2.05) is 18.2 Å². The van der Waals surface area contributed by atoms with Crippen LogP contribution in [-0.4, -0.2) is 33.0 Å². The quantitative estimate of drug-likeness (QED) is 0.177. The highest BCUT2D eigenvalue weighted by molar-refractivity contribution is 5.68. The van der Waals surface area contributed by atoms with Gasteiger partial charge in [-0.1, -0.05) is 48.0 Å². The maximum atomic E-state index is 10.9. The Labute approximate surface area is 165 Å². The molecule has 0 bridgehead atoms. The fourth-order valence-corrected chi connectivity index (χ4v) is 3.84. The number of carboxylic acids is 1. The molecule has 0 amide bonds. The molecule has 3 N–H and O–H groups in total. The largest absolute Gasteiger partial charge is 0.481 e. The van der Waals surface area contributed by atoms with Gasteiger partial charge in [0.2, 0.25) is 0 Å². The van der Waals surface area contributed by atoms with Gasteiger partial charge in [-0.2, -0.15) is 0 Å². The summed E-state index contributed by atoms with van der Waals surface area (Å²) in [6, 6.07) is 7.48. The van der Waals surface area contributed by atoms with Crippen LogP contribution in [0.15, 0.2) is 41.5 Å². The monoisotopic (exact) mass is 387 g/mol. The highest BCUT2D eigenvalue weighted by atomic mass is 16.4. The molecule has 1 saturated carbocycles. The van der Waals surface area contributed by atoms with Gasteiger partial charge in [-0.25, -0.2) is 0 Å². The number of unbranched alkanes of at least 4 members (excludes halogenated alkanes) is 1. The fourth-order valence-electron chi connectivity index (χ4n) is 3.84. The van der Waals surface area contributed by atoms with Crippen molar-refractivity contribution in [2.24, 2.45) is 11.0 Å². The summed E-state index contributed by atoms with van der Waals surface area (Å²) < 4.78 is 0. The lowest BCUT2D eigenvalue weighted by Gasteiger charge is -2.34. The zero-order valence-corrected chi connectivity index (χ0v) is 16.1. The predicted octanol–water partition coefficient (Wildman–Crippen LogP) is 4.65. The second-order valence-corrected chi connectivity index (χ2v) is 7.71. The van der Waals surface area contributed by atoms with Crippen molar-refractivity contribution in [1.82, 2.24) is 0 Å². The number of carboxylic acid groups (broad SMARTS) is 1. The van der Waals surface area contributed by atoms with Crippen LogP contribution in [0.3, 0.4) is 0 Å². The molecule has 3 unspecified atom stereocenters. The Kier molecular flexibility index (Phi) is 8.51. The number of carbonyl (C=O) groups is 1. The minimum atomic E-state index is -1.13. The van der Waals surface area contributed by atoms with Crippen LogP contribution in [0.4, 0.5) is 5.69 Å². The molecule has 1 aromatic carbocycles. The van der Waals surface area contributed by atoms with Crippen LogP contribution >= 0.6 is 0 Å². The molecule has 0 aliphatic heterocycles. The van der Waals surface area contributed by atoms with Crippen molar-refractivity contribution >= 4 is 11.7 Å². The van der Waals surface area contributed by atoms with Crippen molar-refractivity contribution in [3.63, 3.8) is 0 Å². The summed E-state index contributed by atoms with van der Waals surface area (Å²) in [5.74, 6) is -0.859. The third-order valence-corrected chi connectivity index (χ3v) is 5.26. The van der Waals surface area contributed by atoms with Gasteiger partial charge in [-0.3, -0.25) is 4.79 Å². The van der Waals surface area contributed by atoms with Gasteiger partial charge in [0.05, 0.1) is 18.1 Å². The lowest BCUT2D eigenvalue weighted by Crippen LogP contribution is -2.37. The van der Waals surface area contributed by atoms with Gasteiger partial charge >= 0.3 is 5.97 Å². The first-order chi connectivity index (χ1) is 13.4. The number of rotatable bonds is 10. The molecule has 7 nitrogen and oxygen atoms in total. The van der Waals surface area contributed by atoms with E-state index in [9.17, 15) is 15.0 Å². The Morgan fingerprint density at radius 1 is 1.36 bits per heavy atom. The molecule has 0 saturated heterocycles. The van der Waals surface area contributed by atoms with Crippen LogP contribution in [-0.2, 0) is 11.2 Å². The number of aliphatic hydroxyl groups is 2. The average Bonchev–Trinajstić information content (AvgIpc) is 2.64. The van der Waals surface area contributed by atoms with Crippen LogP contribution in [0.1, 0.15) is 56.9 Å². The highest BCUT2D eigenvalue weighted by Gasteiger charge is 2.35. The van der Waals surface area contributed by atoms with E-state index < -0.39 is 17.7 Å². The standard InChI is InChI=1S/C21H29N3O4/c22-24-23-18-10-7-16(8-11-18)4-1-2-6-19(25)12-9-17-5-3-13-21(28,14-17)15-20(26)27/h7-12,17,19,25,28H,1-6,13-15H2,(H,26,27)/b12-9+. The van der Waals surface area contributed by atoms with Crippen molar-refractivity contribution in [1.29, 1.82) is 0 Å². The lowest BCUT2D eigenvalue weighted by molar-refractivity contribution is -0.144. The summed E-state index contributed by atoms with van der Waals surface area (Å²) in [4.78, 5) is 13.7. The van der Waals surface area contributed by atoms with Crippen LogP contribution < -0.4 is 0 Å². The van der Waals surface area contributed by atoms with Crippen molar-refractivity contribution in [3.05, 3.63) is 52.4 Å². The average molecular weight is 387 g/mol. The van der Waals surface area contributed by atoms with Crippen molar-refractivity contribution in [3.8, 4) is 0 Å². The third kappa shape index (κ3) is 7.72. The molecule has 7 heteroatoms. The highest BCUT2D eigenvalue weighted by Crippen LogP contribution is 2.35. The van der Waals surface area contributed by atoms with Crippen LogP contribution in [0.2, 0.25) is 0 Å². The number of nitrogens with zero attached hydrogens (tertiary/aromatic N) is 3. The lowest BCUT2D eigenvalue weighted by atomic mass is 9.76. The van der Waals surface area contributed by atoms with E-state index in [1.54, 1.807) is 18.2 Å². The number of benzene rings is 1. The van der Waals surface area contributed by atoms with E-state index in [-0.39, 0.29) is 12.3 Å². The van der Waals surface area contributed by atoms with E-state index >= 15 is 0 Å². The summed E-state index contributed by atoms with van der Waals surface area (Å²) in [5.41, 5.74) is 9.04. The molecule has 1 aromatic rings. The number of azide groups is 1. The Hall–Kier alpha value is -2.34. The normalized spacial score (nSPS) is 23.3. The summed E-state index contributed by atoms with van der Waals surface area (Å²) in [6.07, 6.45) is 9.05. The third-order valence-electron chi connectivity index (χ3n) is 5.26. The fraction of sp³-hybridized carbons (Fsp3) is 0.571. The van der Waals surface area contributed by atoms with E-state index in [1.165, 1.54) is 5.56 Å². The first-order valence-electron chi connectivity index (χ1n) is 9.85. The van der Waals surface area contributed by atoms with Gasteiger partial charge in [0, 0.05) is 10.6 Å². The Balaban J connectivity index is 1.69. The van der Waals surface area contributed by atoms with Crippen molar-refractivity contribution in [2.45, 2.75) is 69.5 Å². The molecule has 1 aliphatic rings. The van der Waals surface area contributed by atoms with E-state index in [0.29, 0.717) is 24.9 Å². The van der Waals surface area contributed by atoms with Crippen molar-refractivity contribution < 1.29 is 20.1 Å². The minimum absolute atomic E-state index is 0.113. The molecule has 2 rings (SSSR count). The smallest absolute Gasteiger partial charge is 0.306 e. The van der Waals surface area contributed by atoms with Gasteiger partial charge in [-0.15, -0.1) is 0 Å². The molecule has 1 aliphatic carbocycles. The van der Waals surface area contributed by atoms with Crippen LogP contribution in [0.25, 0.3) is 10.4 Å². The molecule has 1 fully saturated rings. The molecule has 28 heavy (non-hydrogen) atoms. The molecular weight excluding hydrogens is 358 g/mol. The zero-order valence-electron chi connectivity index (χ0n) is 16.1. The second kappa shape index (κ2) is 10.9. The molecule has 0 heterocycles. The SMILES string of the molecule is [N-]=[N+]=Nc1ccc(CCCCC(O)/C=C/C2CCCC(O)(CC(=O)O)C2)cc1. The number of allylic oxidation sites excluding steroid dienone is 1. The van der Waals surface area contributed by atoms with Gasteiger partial charge in [-0.05, 0) is 62.0 Å². The van der Waals surface area contributed by atoms with Crippen LogP contribution in [0, 0.1) is 5.92 Å². The predicted molar refractivity (Wildman–Crippen MR) is 107 cm³/mol. The Morgan fingerprint density at radius 2 is 2.11 bits per heavy atom. The maximum Gasteiger partial charge on any atom is 0.306 e. The molecule has 152 valence electrons. The molecular formula is C21H29N3O4. The molecule has 3 atom stereocenters. The summed E-state index contributed by atoms with van der Waals surface area (Å²) in [5, 5.41) is 33.0. The first kappa shape index (κ1) is 22.0. The van der Waals surface area contributed by atoms with E-state index in [0.717, 1.165) is 32.1 Å². The Morgan fingerprint density at radius 3 is 2.79 bits per heavy atom. The molecule has 0 aromatic heterocycles. The second-order valence-electron chi connectivity index (χ2n) is 7.71. The number of hydrogen-bond acceptors (Lipinski definition) is 4. The van der Waals surface area contributed by atoms with E-state index in [2.05, 4.69) is 10.0 Å². The van der Waals surface area contributed by atoms with Gasteiger partial charge in [0.1, 0.15) is 0 Å². The summed E-state index contributed by atoms with van der Waals surface area (Å²) in [6.45, 7) is 0. The first-order valence-corrected chi connectivity index (χ1v) is 9.85. The zero-order chi connectivity index (χ0) is 20.4. The van der Waals surface area contributed by atoms with Crippen LogP contribution in [0.5, 0.6) is 0 Å². The number of aliphatic hydroxyl groups excluding tert-OH is 1. The molecule has 0 spiro atoms. The number of aliphatic carboxylic acids is 1. The van der Waals surface area contributed by atoms with E-state index in [4.69, 9.17) is 10.6 Å². The van der Waals surface area contributed by atoms with Gasteiger partial charge in [0.15, 0.2) is 0 Å². The van der Waals surface area contributed by atoms with Crippen molar-refractivity contribution in [2.75, 3.05) is 0 Å². The summed E-state index contributed by atoms with van der Waals surface area (Å²) >= 11 is 0. The summed E-state index contributed by atoms with van der Waals surface area (Å²) in [7, 11) is 0. The van der Waals surface area contributed by atoms with Gasteiger partial charge < -0.3 is 15.3 Å². The van der Waals surface area contributed by atoms with Gasteiger partial charge in [0.25, 0.3) is 0 Å². The minimum Gasteiger partial charge on any atom is -0.481 e. The Bertz CT molecular complexity index is 713. The number of hydrogen-bond donors (Lipinski definition) is 3.